The van der Waals surface area contributed by atoms with Crippen LogP contribution >= 0.6 is 24.0 Å². The number of aromatic nitrogens is 1. The van der Waals surface area contributed by atoms with Crippen molar-refractivity contribution in [2.75, 3.05) is 5.73 Å². The van der Waals surface area contributed by atoms with E-state index in [2.05, 4.69) is 17.6 Å². The second-order valence-corrected chi connectivity index (χ2v) is 2.52. The van der Waals surface area contributed by atoms with Gasteiger partial charge in [0.05, 0.1) is 11.2 Å². The molecule has 1 rings (SSSR count). The monoisotopic (exact) mass is 146 g/mol. The van der Waals surface area contributed by atoms with E-state index in [0.29, 0.717) is 5.75 Å². The van der Waals surface area contributed by atoms with Gasteiger partial charge >= 0.3 is 0 Å². The molecule has 8 heavy (non-hydrogen) atoms. The van der Waals surface area contributed by atoms with Gasteiger partial charge < -0.3 is 5.73 Å². The molecule has 1 heterocycles. The van der Waals surface area contributed by atoms with Gasteiger partial charge in [0.2, 0.25) is 0 Å². The Morgan fingerprint density at radius 3 is 2.88 bits per heavy atom. The van der Waals surface area contributed by atoms with Crippen LogP contribution in [0, 0.1) is 0 Å². The van der Waals surface area contributed by atoms with E-state index in [1.807, 2.05) is 0 Å². The van der Waals surface area contributed by atoms with Gasteiger partial charge in [-0.2, -0.15) is 12.6 Å². The Morgan fingerprint density at radius 2 is 2.62 bits per heavy atom. The Kier molecular flexibility index (Phi) is 1.75. The van der Waals surface area contributed by atoms with Crippen LogP contribution in [-0.4, -0.2) is 4.98 Å². The standard InChI is InChI=1S/C4H6N2S2/c5-4-3(1-7)6-2-8-4/h2,7H,1,5H2. The Hall–Kier alpha value is -0.220. The summed E-state index contributed by atoms with van der Waals surface area (Å²) < 4.78 is 0. The fourth-order valence-corrected chi connectivity index (χ4v) is 1.31. The van der Waals surface area contributed by atoms with Crippen molar-refractivity contribution in [1.29, 1.82) is 0 Å². The number of nitrogen functional groups attached to an aromatic ring is 1. The highest BCUT2D eigenvalue weighted by molar-refractivity contribution is 7.79. The molecule has 0 unspecified atom stereocenters. The number of thiol groups is 1. The molecule has 2 nitrogen and oxygen atoms in total. The highest BCUT2D eigenvalue weighted by atomic mass is 32.1. The molecule has 0 bridgehead atoms. The van der Waals surface area contributed by atoms with Gasteiger partial charge in [-0.1, -0.05) is 0 Å². The summed E-state index contributed by atoms with van der Waals surface area (Å²) in [7, 11) is 0. The molecule has 44 valence electrons. The summed E-state index contributed by atoms with van der Waals surface area (Å²) >= 11 is 5.46. The van der Waals surface area contributed by atoms with Crippen LogP contribution in [0.3, 0.4) is 0 Å². The van der Waals surface area contributed by atoms with Crippen LogP contribution < -0.4 is 5.73 Å². The minimum Gasteiger partial charge on any atom is -0.389 e. The van der Waals surface area contributed by atoms with Gasteiger partial charge in [0.25, 0.3) is 0 Å². The second kappa shape index (κ2) is 2.37. The predicted molar refractivity (Wildman–Crippen MR) is 39.2 cm³/mol. The largest absolute Gasteiger partial charge is 0.389 e. The molecule has 0 saturated heterocycles. The van der Waals surface area contributed by atoms with Crippen LogP contribution in [0.1, 0.15) is 5.69 Å². The van der Waals surface area contributed by atoms with Crippen LogP contribution in [0.25, 0.3) is 0 Å². The van der Waals surface area contributed by atoms with Crippen molar-refractivity contribution in [3.05, 3.63) is 11.2 Å². The van der Waals surface area contributed by atoms with Crippen molar-refractivity contribution in [2.45, 2.75) is 5.75 Å². The fraction of sp³-hybridized carbons (Fsp3) is 0.250. The number of thiazole rings is 1. The van der Waals surface area contributed by atoms with E-state index in [1.165, 1.54) is 11.3 Å². The van der Waals surface area contributed by atoms with Crippen molar-refractivity contribution in [3.8, 4) is 0 Å². The Bertz CT molecular complexity index is 172. The summed E-state index contributed by atoms with van der Waals surface area (Å²) in [5, 5.41) is 0.778. The highest BCUT2D eigenvalue weighted by Crippen LogP contribution is 2.16. The first-order valence-electron chi connectivity index (χ1n) is 2.13. The lowest BCUT2D eigenvalue weighted by Gasteiger charge is -1.85. The van der Waals surface area contributed by atoms with Crippen LogP contribution in [0.5, 0.6) is 0 Å². The van der Waals surface area contributed by atoms with Crippen LogP contribution in [-0.2, 0) is 5.75 Å². The maximum Gasteiger partial charge on any atom is 0.110 e. The van der Waals surface area contributed by atoms with E-state index in [4.69, 9.17) is 5.73 Å². The average molecular weight is 146 g/mol. The Balaban J connectivity index is 2.92. The highest BCUT2D eigenvalue weighted by Gasteiger charge is 1.96. The first-order chi connectivity index (χ1) is 3.84. The number of nitrogens with two attached hydrogens (primary N) is 1. The summed E-state index contributed by atoms with van der Waals surface area (Å²) in [6.07, 6.45) is 0. The lowest BCUT2D eigenvalue weighted by molar-refractivity contribution is 1.24. The molecule has 0 aromatic carbocycles. The van der Waals surface area contributed by atoms with Gasteiger partial charge in [-0.3, -0.25) is 0 Å². The first-order valence-corrected chi connectivity index (χ1v) is 3.64. The van der Waals surface area contributed by atoms with E-state index >= 15 is 0 Å². The second-order valence-electron chi connectivity index (χ2n) is 1.32. The summed E-state index contributed by atoms with van der Waals surface area (Å²) in [5.41, 5.74) is 8.07. The van der Waals surface area contributed by atoms with E-state index in [0.717, 1.165) is 10.7 Å². The zero-order valence-corrected chi connectivity index (χ0v) is 5.88. The van der Waals surface area contributed by atoms with Crippen LogP contribution in [0.15, 0.2) is 5.51 Å². The molecule has 2 N–H and O–H groups in total. The quantitative estimate of drug-likeness (QED) is 0.583. The number of hydrogen-bond acceptors (Lipinski definition) is 4. The molecule has 1 aromatic rings. The van der Waals surface area contributed by atoms with Gasteiger partial charge in [-0.15, -0.1) is 11.3 Å². The third kappa shape index (κ3) is 0.952. The number of hydrogen-bond donors (Lipinski definition) is 2. The smallest absolute Gasteiger partial charge is 0.110 e. The number of rotatable bonds is 1. The van der Waals surface area contributed by atoms with Crippen molar-refractivity contribution >= 4 is 29.0 Å². The van der Waals surface area contributed by atoms with Crippen LogP contribution in [0.2, 0.25) is 0 Å². The predicted octanol–water partition coefficient (Wildman–Crippen LogP) is 1.16. The first kappa shape index (κ1) is 5.91. The normalized spacial score (nSPS) is 9.62. The maximum atomic E-state index is 5.46. The van der Waals surface area contributed by atoms with E-state index < -0.39 is 0 Å². The third-order valence-corrected chi connectivity index (χ3v) is 1.82. The Labute approximate surface area is 57.2 Å². The molecular weight excluding hydrogens is 140 g/mol. The van der Waals surface area contributed by atoms with Gasteiger partial charge in [0, 0.05) is 5.75 Å². The molecule has 0 aliphatic heterocycles. The van der Waals surface area contributed by atoms with Gasteiger partial charge in [-0.25, -0.2) is 4.98 Å². The zero-order chi connectivity index (χ0) is 5.98. The molecule has 0 saturated carbocycles. The van der Waals surface area contributed by atoms with Crippen molar-refractivity contribution in [2.24, 2.45) is 0 Å². The number of anilines is 1. The molecule has 0 amide bonds. The summed E-state index contributed by atoms with van der Waals surface area (Å²) in [6.45, 7) is 0. The lowest BCUT2D eigenvalue weighted by atomic mass is 10.5. The summed E-state index contributed by atoms with van der Waals surface area (Å²) in [6, 6.07) is 0. The molecule has 0 fully saturated rings. The van der Waals surface area contributed by atoms with Crippen molar-refractivity contribution < 1.29 is 0 Å². The molecule has 0 atom stereocenters. The van der Waals surface area contributed by atoms with Crippen LogP contribution in [0.4, 0.5) is 5.00 Å². The van der Waals surface area contributed by atoms with Gasteiger partial charge in [0.1, 0.15) is 5.00 Å². The Morgan fingerprint density at radius 1 is 1.88 bits per heavy atom. The average Bonchev–Trinajstić information content (AvgIpc) is 2.14. The summed E-state index contributed by atoms with van der Waals surface area (Å²) in [4.78, 5) is 3.95. The minimum absolute atomic E-state index is 0.634. The molecule has 0 aliphatic rings. The SMILES string of the molecule is Nc1scnc1CS. The van der Waals surface area contributed by atoms with Crippen molar-refractivity contribution in [1.82, 2.24) is 4.98 Å². The van der Waals surface area contributed by atoms with Crippen molar-refractivity contribution in [3.63, 3.8) is 0 Å². The minimum atomic E-state index is 0.634. The molecule has 4 heteroatoms. The molecule has 0 aliphatic carbocycles. The van der Waals surface area contributed by atoms with E-state index in [-0.39, 0.29) is 0 Å². The molecular formula is C4H6N2S2. The van der Waals surface area contributed by atoms with E-state index in [1.54, 1.807) is 5.51 Å². The van der Waals surface area contributed by atoms with E-state index in [9.17, 15) is 0 Å². The summed E-state index contributed by atoms with van der Waals surface area (Å²) in [5.74, 6) is 0.634. The van der Waals surface area contributed by atoms with Gasteiger partial charge in [-0.05, 0) is 0 Å². The third-order valence-electron chi connectivity index (χ3n) is 0.822. The molecule has 0 spiro atoms. The van der Waals surface area contributed by atoms with Gasteiger partial charge in [0.15, 0.2) is 0 Å². The zero-order valence-electron chi connectivity index (χ0n) is 4.16. The fourth-order valence-electron chi connectivity index (χ4n) is 0.397. The molecule has 0 radical (unpaired) electrons. The number of nitrogens with zero attached hydrogens (tertiary/aromatic N) is 1. The molecule has 1 aromatic heterocycles. The maximum absolute atomic E-state index is 5.46. The topological polar surface area (TPSA) is 38.9 Å². The lowest BCUT2D eigenvalue weighted by Crippen LogP contribution is -1.85.